The third-order valence-electron chi connectivity index (χ3n) is 3.52. The minimum absolute atomic E-state index is 0. The lowest BCUT2D eigenvalue weighted by Crippen LogP contribution is -2.46. The molecular weight excluding hydrogens is 311 g/mol. The maximum absolute atomic E-state index is 13.0. The fourth-order valence-electron chi connectivity index (χ4n) is 2.46. The zero-order valence-electron chi connectivity index (χ0n) is 12.3. The van der Waals surface area contributed by atoms with Crippen molar-refractivity contribution in [1.82, 2.24) is 4.90 Å². The monoisotopic (exact) mass is 330 g/mol. The van der Waals surface area contributed by atoms with Gasteiger partial charge in [0.15, 0.2) is 6.10 Å². The van der Waals surface area contributed by atoms with E-state index in [0.29, 0.717) is 18.7 Å². The molecule has 1 heterocycles. The first-order chi connectivity index (χ1) is 9.99. The Hall–Kier alpha value is -1.66. The van der Waals surface area contributed by atoms with Gasteiger partial charge in [-0.15, -0.1) is 12.4 Å². The molecule has 1 aromatic carbocycles. The van der Waals surface area contributed by atoms with E-state index in [9.17, 15) is 14.0 Å². The second-order valence-electron chi connectivity index (χ2n) is 5.14. The molecule has 1 aliphatic rings. The van der Waals surface area contributed by atoms with E-state index in [1.165, 1.54) is 31.2 Å². The standard InChI is InChI=1S/C15H19FN2O3.ClH/c1-10(19)21-14(11-4-6-12(16)7-5-11)13(17)15(20)18-8-2-3-9-18;/h4-7,13-14H,2-3,8-9,17H2,1H3;1H. The summed E-state index contributed by atoms with van der Waals surface area (Å²) in [5, 5.41) is 0. The fraction of sp³-hybridized carbons (Fsp3) is 0.467. The van der Waals surface area contributed by atoms with Crippen molar-refractivity contribution < 1.29 is 18.7 Å². The van der Waals surface area contributed by atoms with Gasteiger partial charge in [0.1, 0.15) is 11.9 Å². The number of esters is 1. The second-order valence-corrected chi connectivity index (χ2v) is 5.14. The van der Waals surface area contributed by atoms with Gasteiger partial charge in [-0.05, 0) is 30.5 Å². The molecule has 0 saturated carbocycles. The Morgan fingerprint density at radius 1 is 1.23 bits per heavy atom. The quantitative estimate of drug-likeness (QED) is 0.854. The van der Waals surface area contributed by atoms with Crippen LogP contribution in [0, 0.1) is 5.82 Å². The Bertz CT molecular complexity index is 518. The number of hydrogen-bond donors (Lipinski definition) is 1. The number of likely N-dealkylation sites (tertiary alicyclic amines) is 1. The number of halogens is 2. The highest BCUT2D eigenvalue weighted by Crippen LogP contribution is 2.23. The van der Waals surface area contributed by atoms with Crippen molar-refractivity contribution in [2.75, 3.05) is 13.1 Å². The maximum Gasteiger partial charge on any atom is 0.303 e. The molecule has 122 valence electrons. The van der Waals surface area contributed by atoms with E-state index in [1.54, 1.807) is 4.90 Å². The average molecular weight is 331 g/mol. The largest absolute Gasteiger partial charge is 0.455 e. The van der Waals surface area contributed by atoms with Crippen LogP contribution in [0.1, 0.15) is 31.4 Å². The van der Waals surface area contributed by atoms with Crippen molar-refractivity contribution in [3.63, 3.8) is 0 Å². The number of rotatable bonds is 4. The normalized spacial score (nSPS) is 16.6. The van der Waals surface area contributed by atoms with E-state index in [1.807, 2.05) is 0 Å². The highest BCUT2D eigenvalue weighted by atomic mass is 35.5. The Labute approximate surface area is 135 Å². The number of nitrogens with two attached hydrogens (primary N) is 1. The number of nitrogens with zero attached hydrogens (tertiary/aromatic N) is 1. The van der Waals surface area contributed by atoms with Crippen molar-refractivity contribution in [1.29, 1.82) is 0 Å². The molecule has 2 rings (SSSR count). The highest BCUT2D eigenvalue weighted by Gasteiger charge is 2.33. The average Bonchev–Trinajstić information content (AvgIpc) is 2.98. The molecule has 1 aromatic rings. The minimum atomic E-state index is -0.988. The Balaban J connectivity index is 0.00000242. The number of amides is 1. The summed E-state index contributed by atoms with van der Waals surface area (Å²) in [4.78, 5) is 25.3. The molecular formula is C15H20ClFN2O3. The third kappa shape index (κ3) is 4.42. The van der Waals surface area contributed by atoms with Gasteiger partial charge in [0.2, 0.25) is 5.91 Å². The molecule has 2 atom stereocenters. The van der Waals surface area contributed by atoms with Crippen LogP contribution in [0.25, 0.3) is 0 Å². The number of carbonyl (C=O) groups excluding carboxylic acids is 2. The molecule has 1 saturated heterocycles. The zero-order chi connectivity index (χ0) is 15.4. The van der Waals surface area contributed by atoms with Crippen LogP contribution in [0.5, 0.6) is 0 Å². The summed E-state index contributed by atoms with van der Waals surface area (Å²) < 4.78 is 18.2. The van der Waals surface area contributed by atoms with Crippen molar-refractivity contribution in [3.05, 3.63) is 35.6 Å². The van der Waals surface area contributed by atoms with Crippen LogP contribution in [-0.4, -0.2) is 35.9 Å². The molecule has 1 aliphatic heterocycles. The second kappa shape index (κ2) is 8.10. The predicted molar refractivity (Wildman–Crippen MR) is 81.9 cm³/mol. The summed E-state index contributed by atoms with van der Waals surface area (Å²) in [5.41, 5.74) is 6.50. The summed E-state index contributed by atoms with van der Waals surface area (Å²) in [6.45, 7) is 2.59. The SMILES string of the molecule is CC(=O)OC(c1ccc(F)cc1)C(N)C(=O)N1CCCC1.Cl. The first-order valence-electron chi connectivity index (χ1n) is 6.96. The molecule has 0 aromatic heterocycles. The number of carbonyl (C=O) groups is 2. The van der Waals surface area contributed by atoms with E-state index >= 15 is 0 Å². The molecule has 1 amide bonds. The highest BCUT2D eigenvalue weighted by molar-refractivity contribution is 5.85. The molecule has 2 unspecified atom stereocenters. The van der Waals surface area contributed by atoms with E-state index in [2.05, 4.69) is 0 Å². The van der Waals surface area contributed by atoms with Gasteiger partial charge in [0.05, 0.1) is 0 Å². The maximum atomic E-state index is 13.0. The van der Waals surface area contributed by atoms with Crippen LogP contribution in [-0.2, 0) is 14.3 Å². The lowest BCUT2D eigenvalue weighted by molar-refractivity contribution is -0.151. The topological polar surface area (TPSA) is 72.6 Å². The van der Waals surface area contributed by atoms with Crippen LogP contribution in [0.2, 0.25) is 0 Å². The van der Waals surface area contributed by atoms with Gasteiger partial charge in [0, 0.05) is 20.0 Å². The minimum Gasteiger partial charge on any atom is -0.455 e. The molecule has 0 radical (unpaired) electrons. The zero-order valence-corrected chi connectivity index (χ0v) is 13.1. The summed E-state index contributed by atoms with van der Waals surface area (Å²) in [6, 6.07) is 4.45. The smallest absolute Gasteiger partial charge is 0.303 e. The van der Waals surface area contributed by atoms with Crippen LogP contribution < -0.4 is 5.73 Å². The van der Waals surface area contributed by atoms with Crippen LogP contribution in [0.4, 0.5) is 4.39 Å². The molecule has 22 heavy (non-hydrogen) atoms. The fourth-order valence-corrected chi connectivity index (χ4v) is 2.46. The molecule has 0 bridgehead atoms. The van der Waals surface area contributed by atoms with Crippen molar-refractivity contribution in [2.45, 2.75) is 31.9 Å². The van der Waals surface area contributed by atoms with E-state index < -0.39 is 23.9 Å². The first-order valence-corrected chi connectivity index (χ1v) is 6.96. The molecule has 0 spiro atoms. The predicted octanol–water partition coefficient (Wildman–Crippen LogP) is 1.80. The van der Waals surface area contributed by atoms with Gasteiger partial charge >= 0.3 is 5.97 Å². The van der Waals surface area contributed by atoms with Gasteiger partial charge < -0.3 is 15.4 Å². The molecule has 2 N–H and O–H groups in total. The Morgan fingerprint density at radius 2 is 1.77 bits per heavy atom. The molecule has 1 fully saturated rings. The molecule has 0 aliphatic carbocycles. The summed E-state index contributed by atoms with van der Waals surface area (Å²) in [5.74, 6) is -1.18. The van der Waals surface area contributed by atoms with Gasteiger partial charge in [0.25, 0.3) is 0 Å². The molecule has 7 heteroatoms. The number of hydrogen-bond acceptors (Lipinski definition) is 4. The first kappa shape index (κ1) is 18.4. The number of ether oxygens (including phenoxy) is 1. The molecule has 5 nitrogen and oxygen atoms in total. The Morgan fingerprint density at radius 3 is 2.27 bits per heavy atom. The van der Waals surface area contributed by atoms with Gasteiger partial charge in [-0.3, -0.25) is 9.59 Å². The van der Waals surface area contributed by atoms with Crippen LogP contribution in [0.15, 0.2) is 24.3 Å². The lowest BCUT2D eigenvalue weighted by atomic mass is 10.0. The van der Waals surface area contributed by atoms with E-state index in [-0.39, 0.29) is 18.3 Å². The van der Waals surface area contributed by atoms with Crippen molar-refractivity contribution in [2.24, 2.45) is 5.73 Å². The number of benzene rings is 1. The van der Waals surface area contributed by atoms with Gasteiger partial charge in [-0.1, -0.05) is 12.1 Å². The Kier molecular flexibility index (Phi) is 6.77. The van der Waals surface area contributed by atoms with E-state index in [0.717, 1.165) is 12.8 Å². The summed E-state index contributed by atoms with van der Waals surface area (Å²) in [7, 11) is 0. The van der Waals surface area contributed by atoms with Gasteiger partial charge in [-0.25, -0.2) is 4.39 Å². The third-order valence-corrected chi connectivity index (χ3v) is 3.52. The van der Waals surface area contributed by atoms with Gasteiger partial charge in [-0.2, -0.15) is 0 Å². The van der Waals surface area contributed by atoms with Crippen LogP contribution >= 0.6 is 12.4 Å². The van der Waals surface area contributed by atoms with Crippen LogP contribution in [0.3, 0.4) is 0 Å². The lowest BCUT2D eigenvalue weighted by Gasteiger charge is -2.27. The van der Waals surface area contributed by atoms with E-state index in [4.69, 9.17) is 10.5 Å². The van der Waals surface area contributed by atoms with Crippen molar-refractivity contribution >= 4 is 24.3 Å². The summed E-state index contributed by atoms with van der Waals surface area (Å²) in [6.07, 6.45) is 0.997. The summed E-state index contributed by atoms with van der Waals surface area (Å²) >= 11 is 0. The van der Waals surface area contributed by atoms with Crippen molar-refractivity contribution in [3.8, 4) is 0 Å².